The Hall–Kier alpha value is -3.55. The number of carbonyl (C=O) groups excluding carboxylic acids is 4. The van der Waals surface area contributed by atoms with Crippen molar-refractivity contribution in [2.45, 2.75) is 18.9 Å². The molecule has 0 bridgehead atoms. The molecule has 1 atom stereocenters. The molecule has 0 aromatic heterocycles. The van der Waals surface area contributed by atoms with Gasteiger partial charge in [-0.2, -0.15) is 0 Å². The lowest BCUT2D eigenvalue weighted by molar-refractivity contribution is -0.147. The van der Waals surface area contributed by atoms with E-state index in [1.54, 1.807) is 37.3 Å². The third-order valence-corrected chi connectivity index (χ3v) is 4.79. The highest BCUT2D eigenvalue weighted by atomic mass is 19.1. The highest BCUT2D eigenvalue weighted by Crippen LogP contribution is 2.32. The number of halogens is 1. The molecule has 2 aromatic carbocycles. The number of hydrogen-bond acceptors (Lipinski definition) is 5. The van der Waals surface area contributed by atoms with Crippen molar-refractivity contribution in [1.29, 1.82) is 0 Å². The fraction of sp³-hybridized carbons (Fsp3) is 0.238. The molecule has 1 heterocycles. The van der Waals surface area contributed by atoms with Crippen LogP contribution in [0, 0.1) is 5.82 Å². The van der Waals surface area contributed by atoms with Gasteiger partial charge in [-0.3, -0.25) is 19.3 Å². The first-order valence-corrected chi connectivity index (χ1v) is 9.01. The van der Waals surface area contributed by atoms with E-state index in [9.17, 15) is 23.6 Å². The molecule has 1 saturated heterocycles. The van der Waals surface area contributed by atoms with Gasteiger partial charge in [0.05, 0.1) is 0 Å². The van der Waals surface area contributed by atoms with Crippen LogP contribution >= 0.6 is 0 Å². The fourth-order valence-electron chi connectivity index (χ4n) is 3.17. The van der Waals surface area contributed by atoms with Gasteiger partial charge in [-0.25, -0.2) is 9.18 Å². The van der Waals surface area contributed by atoms with Crippen molar-refractivity contribution in [3.63, 3.8) is 0 Å². The molecule has 8 heteroatoms. The molecule has 3 rings (SSSR count). The normalized spacial score (nSPS) is 18.5. The summed E-state index contributed by atoms with van der Waals surface area (Å²) in [6.45, 7) is 0.566. The number of carbonyl (C=O) groups is 4. The molecule has 1 N–H and O–H groups in total. The monoisotopic (exact) mass is 398 g/mol. The first-order chi connectivity index (χ1) is 13.9. The molecule has 29 heavy (non-hydrogen) atoms. The van der Waals surface area contributed by atoms with Crippen molar-refractivity contribution < 1.29 is 28.3 Å². The number of hydrogen-bond donors (Lipinski definition) is 1. The Balaban J connectivity index is 1.64. The first kappa shape index (κ1) is 20.2. The number of imide groups is 1. The van der Waals surface area contributed by atoms with E-state index in [0.29, 0.717) is 12.0 Å². The van der Waals surface area contributed by atoms with Crippen LogP contribution in [0.25, 0.3) is 0 Å². The van der Waals surface area contributed by atoms with Crippen LogP contribution in [0.5, 0.6) is 0 Å². The fourth-order valence-corrected chi connectivity index (χ4v) is 3.17. The van der Waals surface area contributed by atoms with Gasteiger partial charge in [0.25, 0.3) is 5.91 Å². The molecular weight excluding hydrogens is 379 g/mol. The Morgan fingerprint density at radius 2 is 1.72 bits per heavy atom. The molecule has 3 amide bonds. The quantitative estimate of drug-likeness (QED) is 0.439. The van der Waals surface area contributed by atoms with Crippen molar-refractivity contribution in [2.75, 3.05) is 13.2 Å². The minimum Gasteiger partial charge on any atom is -0.456 e. The van der Waals surface area contributed by atoms with Crippen molar-refractivity contribution in [1.82, 2.24) is 10.2 Å². The van der Waals surface area contributed by atoms with Gasteiger partial charge in [-0.1, -0.05) is 37.3 Å². The zero-order chi connectivity index (χ0) is 21.0. The molecular formula is C21H19FN2O5. The second-order valence-electron chi connectivity index (χ2n) is 6.54. The van der Waals surface area contributed by atoms with Crippen molar-refractivity contribution >= 4 is 23.7 Å². The Morgan fingerprint density at radius 3 is 2.34 bits per heavy atom. The van der Waals surface area contributed by atoms with Crippen LogP contribution in [-0.2, 0) is 19.9 Å². The number of Topliss-reactive ketones (excluding diaryl/α,β-unsaturated/α-hetero) is 1. The van der Waals surface area contributed by atoms with Crippen LogP contribution in [0.2, 0.25) is 0 Å². The third-order valence-electron chi connectivity index (χ3n) is 4.79. The highest BCUT2D eigenvalue weighted by Gasteiger charge is 2.51. The number of esters is 1. The molecule has 0 saturated carbocycles. The van der Waals surface area contributed by atoms with E-state index in [1.165, 1.54) is 12.1 Å². The SMILES string of the molecule is CC[C@@]1(c2ccccc2)NC(=O)N(CC(=O)OCC(=O)c2ccc(F)cc2)C1=O. The molecule has 0 radical (unpaired) electrons. The zero-order valence-corrected chi connectivity index (χ0v) is 15.7. The zero-order valence-electron chi connectivity index (χ0n) is 15.7. The van der Waals surface area contributed by atoms with Gasteiger partial charge >= 0.3 is 12.0 Å². The van der Waals surface area contributed by atoms with E-state index in [0.717, 1.165) is 17.0 Å². The molecule has 7 nitrogen and oxygen atoms in total. The van der Waals surface area contributed by atoms with E-state index in [2.05, 4.69) is 5.32 Å². The summed E-state index contributed by atoms with van der Waals surface area (Å²) in [5, 5.41) is 2.66. The lowest BCUT2D eigenvalue weighted by Crippen LogP contribution is -2.44. The van der Waals surface area contributed by atoms with Crippen LogP contribution in [-0.4, -0.2) is 41.7 Å². The number of ketones is 1. The lowest BCUT2D eigenvalue weighted by Gasteiger charge is -2.25. The minimum absolute atomic E-state index is 0.184. The van der Waals surface area contributed by atoms with Gasteiger partial charge in [0.2, 0.25) is 0 Å². The number of rotatable bonds is 7. The summed E-state index contributed by atoms with van der Waals surface area (Å²) >= 11 is 0. The van der Waals surface area contributed by atoms with E-state index < -0.39 is 48.2 Å². The smallest absolute Gasteiger partial charge is 0.326 e. The van der Waals surface area contributed by atoms with E-state index in [1.807, 2.05) is 0 Å². The molecule has 1 aliphatic heterocycles. The van der Waals surface area contributed by atoms with Crippen LogP contribution in [0.4, 0.5) is 9.18 Å². The van der Waals surface area contributed by atoms with Gasteiger partial charge < -0.3 is 10.1 Å². The largest absolute Gasteiger partial charge is 0.456 e. The summed E-state index contributed by atoms with van der Waals surface area (Å²) in [6, 6.07) is 12.8. The van der Waals surface area contributed by atoms with E-state index in [4.69, 9.17) is 4.74 Å². The van der Waals surface area contributed by atoms with Gasteiger partial charge in [-0.05, 0) is 36.2 Å². The lowest BCUT2D eigenvalue weighted by atomic mass is 9.87. The first-order valence-electron chi connectivity index (χ1n) is 9.01. The number of amides is 3. The maximum atomic E-state index is 12.9. The number of ether oxygens (including phenoxy) is 1. The maximum Gasteiger partial charge on any atom is 0.326 e. The average Bonchev–Trinajstić information content (AvgIpc) is 2.98. The Bertz CT molecular complexity index is 945. The molecule has 1 aliphatic rings. The number of urea groups is 1. The summed E-state index contributed by atoms with van der Waals surface area (Å²) in [7, 11) is 0. The van der Waals surface area contributed by atoms with Crippen LogP contribution in [0.15, 0.2) is 54.6 Å². The number of nitrogens with one attached hydrogen (secondary N) is 1. The number of benzene rings is 2. The predicted octanol–water partition coefficient (Wildman–Crippen LogP) is 2.41. The molecule has 0 unspecified atom stereocenters. The molecule has 150 valence electrons. The summed E-state index contributed by atoms with van der Waals surface area (Å²) in [4.78, 5) is 50.2. The maximum absolute atomic E-state index is 12.9. The average molecular weight is 398 g/mol. The van der Waals surface area contributed by atoms with E-state index in [-0.39, 0.29) is 5.56 Å². The number of nitrogens with zero attached hydrogens (tertiary/aromatic N) is 1. The van der Waals surface area contributed by atoms with Gasteiger partial charge in [0.1, 0.15) is 17.9 Å². The Morgan fingerprint density at radius 1 is 1.07 bits per heavy atom. The summed E-state index contributed by atoms with van der Waals surface area (Å²) in [5.74, 6) is -2.47. The summed E-state index contributed by atoms with van der Waals surface area (Å²) < 4.78 is 17.8. The van der Waals surface area contributed by atoms with Crippen LogP contribution in [0.3, 0.4) is 0 Å². The van der Waals surface area contributed by atoms with Crippen molar-refractivity contribution in [3.05, 3.63) is 71.5 Å². The van der Waals surface area contributed by atoms with Crippen LogP contribution < -0.4 is 5.32 Å². The van der Waals surface area contributed by atoms with Gasteiger partial charge in [0.15, 0.2) is 12.4 Å². The van der Waals surface area contributed by atoms with E-state index >= 15 is 0 Å². The second-order valence-corrected chi connectivity index (χ2v) is 6.54. The van der Waals surface area contributed by atoms with Gasteiger partial charge in [-0.15, -0.1) is 0 Å². The third kappa shape index (κ3) is 4.01. The Kier molecular flexibility index (Phi) is 5.72. The predicted molar refractivity (Wildman–Crippen MR) is 100 cm³/mol. The molecule has 2 aromatic rings. The van der Waals surface area contributed by atoms with Crippen LogP contribution in [0.1, 0.15) is 29.3 Å². The van der Waals surface area contributed by atoms with Crippen molar-refractivity contribution in [2.24, 2.45) is 0 Å². The summed E-state index contributed by atoms with van der Waals surface area (Å²) in [5.41, 5.74) is -0.450. The molecule has 0 spiro atoms. The molecule has 1 fully saturated rings. The highest BCUT2D eigenvalue weighted by molar-refractivity contribution is 6.09. The van der Waals surface area contributed by atoms with Crippen molar-refractivity contribution in [3.8, 4) is 0 Å². The molecule has 0 aliphatic carbocycles. The van der Waals surface area contributed by atoms with Gasteiger partial charge in [0, 0.05) is 5.56 Å². The standard InChI is InChI=1S/C21H19FN2O5/c1-2-21(15-6-4-3-5-7-15)19(27)24(20(28)23-21)12-18(26)29-13-17(25)14-8-10-16(22)11-9-14/h3-11H,2,12-13H2,1H3,(H,23,28)/t21-/m0/s1. The second kappa shape index (κ2) is 8.22. The topological polar surface area (TPSA) is 92.8 Å². The minimum atomic E-state index is -1.25. The Labute approximate surface area is 166 Å². The summed E-state index contributed by atoms with van der Waals surface area (Å²) in [6.07, 6.45) is 0.302.